The van der Waals surface area contributed by atoms with Crippen molar-refractivity contribution < 1.29 is 13.3 Å². The highest BCUT2D eigenvalue weighted by atomic mass is 32.2. The summed E-state index contributed by atoms with van der Waals surface area (Å²) in [4.78, 5) is 10.7. The van der Waals surface area contributed by atoms with Crippen molar-refractivity contribution >= 4 is 21.2 Å². The molecule has 0 radical (unpaired) electrons. The molecule has 0 aromatic heterocycles. The molecule has 3 aliphatic rings. The first kappa shape index (κ1) is 14.0. The maximum atomic E-state index is 11.6. The summed E-state index contributed by atoms with van der Waals surface area (Å²) in [5.74, 6) is 2.88. The van der Waals surface area contributed by atoms with Crippen molar-refractivity contribution in [2.75, 3.05) is 11.6 Å². The van der Waals surface area contributed by atoms with E-state index >= 15 is 0 Å². The van der Waals surface area contributed by atoms with Gasteiger partial charge in [0.25, 0.3) is 5.69 Å². The van der Waals surface area contributed by atoms with Crippen molar-refractivity contribution in [3.63, 3.8) is 0 Å². The van der Waals surface area contributed by atoms with Gasteiger partial charge in [0.05, 0.1) is 9.82 Å². The van der Waals surface area contributed by atoms with Gasteiger partial charge in [0.2, 0.25) is 0 Å². The van der Waals surface area contributed by atoms with Crippen LogP contribution in [0.5, 0.6) is 0 Å². The van der Waals surface area contributed by atoms with Crippen LogP contribution >= 0.6 is 0 Å². The first-order valence-electron chi connectivity index (χ1n) is 7.61. The molecule has 4 rings (SSSR count). The van der Waals surface area contributed by atoms with Crippen molar-refractivity contribution in [2.24, 2.45) is 23.7 Å². The standard InChI is InChI=1S/C15H18N2O4S/c1-22(20,21)10-4-5-11(12(7-10)17(18)19)16-15-13-8-2-3-9(6-8)14(13)15/h4-5,7-9,13-16H,2-3,6H2,1H3. The number of anilines is 1. The van der Waals surface area contributed by atoms with Crippen molar-refractivity contribution in [2.45, 2.75) is 30.2 Å². The lowest BCUT2D eigenvalue weighted by Gasteiger charge is -2.12. The van der Waals surface area contributed by atoms with Crippen LogP contribution in [-0.2, 0) is 9.84 Å². The Morgan fingerprint density at radius 2 is 1.86 bits per heavy atom. The van der Waals surface area contributed by atoms with Gasteiger partial charge in [-0.2, -0.15) is 0 Å². The largest absolute Gasteiger partial charge is 0.376 e. The van der Waals surface area contributed by atoms with Crippen LogP contribution in [0.15, 0.2) is 23.1 Å². The number of hydrogen-bond donors (Lipinski definition) is 1. The molecule has 0 amide bonds. The number of nitro groups is 1. The monoisotopic (exact) mass is 322 g/mol. The lowest BCUT2D eigenvalue weighted by molar-refractivity contribution is -0.384. The van der Waals surface area contributed by atoms with Gasteiger partial charge in [0, 0.05) is 18.4 Å². The fourth-order valence-electron chi connectivity index (χ4n) is 4.71. The lowest BCUT2D eigenvalue weighted by Crippen LogP contribution is -2.14. The first-order chi connectivity index (χ1) is 10.4. The third-order valence-electron chi connectivity index (χ3n) is 5.65. The minimum absolute atomic E-state index is 0.0131. The molecule has 2 bridgehead atoms. The second-order valence-corrected chi connectivity index (χ2v) is 8.88. The molecule has 3 saturated carbocycles. The van der Waals surface area contributed by atoms with Crippen LogP contribution in [0.1, 0.15) is 19.3 Å². The minimum Gasteiger partial charge on any atom is -0.376 e. The van der Waals surface area contributed by atoms with Crippen LogP contribution in [-0.4, -0.2) is 25.6 Å². The van der Waals surface area contributed by atoms with Gasteiger partial charge < -0.3 is 5.32 Å². The zero-order chi connectivity index (χ0) is 15.6. The van der Waals surface area contributed by atoms with Gasteiger partial charge in [-0.25, -0.2) is 8.42 Å². The van der Waals surface area contributed by atoms with Crippen LogP contribution < -0.4 is 5.32 Å². The predicted octanol–water partition coefficient (Wildman–Crippen LogP) is 2.45. The molecule has 7 heteroatoms. The second kappa shape index (κ2) is 4.44. The molecule has 0 saturated heterocycles. The van der Waals surface area contributed by atoms with E-state index in [4.69, 9.17) is 0 Å². The minimum atomic E-state index is -3.44. The zero-order valence-electron chi connectivity index (χ0n) is 12.2. The van der Waals surface area contributed by atoms with Gasteiger partial charge in [0.15, 0.2) is 9.84 Å². The Morgan fingerprint density at radius 3 is 2.41 bits per heavy atom. The summed E-state index contributed by atoms with van der Waals surface area (Å²) in [7, 11) is -3.44. The molecule has 0 spiro atoms. The molecule has 22 heavy (non-hydrogen) atoms. The van der Waals surface area contributed by atoms with Crippen LogP contribution in [0, 0.1) is 33.8 Å². The highest BCUT2D eigenvalue weighted by Gasteiger charge is 2.65. The Balaban J connectivity index is 1.61. The molecular weight excluding hydrogens is 304 g/mol. The maximum absolute atomic E-state index is 11.6. The fourth-order valence-corrected chi connectivity index (χ4v) is 5.35. The van der Waals surface area contributed by atoms with Crippen molar-refractivity contribution in [1.29, 1.82) is 0 Å². The van der Waals surface area contributed by atoms with Crippen molar-refractivity contribution in [3.05, 3.63) is 28.3 Å². The summed E-state index contributed by atoms with van der Waals surface area (Å²) in [5, 5.41) is 14.6. The molecular formula is C15H18N2O4S. The van der Waals surface area contributed by atoms with E-state index < -0.39 is 14.8 Å². The summed E-state index contributed by atoms with van der Waals surface area (Å²) in [6, 6.07) is 4.46. The van der Waals surface area contributed by atoms with Crippen LogP contribution in [0.25, 0.3) is 0 Å². The van der Waals surface area contributed by atoms with Crippen LogP contribution in [0.3, 0.4) is 0 Å². The molecule has 0 heterocycles. The molecule has 3 aliphatic carbocycles. The average Bonchev–Trinajstić information content (AvgIpc) is 2.83. The third kappa shape index (κ3) is 2.02. The number of fused-ring (bicyclic) bond motifs is 5. The average molecular weight is 322 g/mol. The molecule has 118 valence electrons. The SMILES string of the molecule is CS(=O)(=O)c1ccc(NC2C3C4CCC(C4)C23)c([N+](=O)[O-])c1. The Hall–Kier alpha value is -1.63. The van der Waals surface area contributed by atoms with Crippen LogP contribution in [0.4, 0.5) is 11.4 Å². The molecule has 1 aromatic rings. The quantitative estimate of drug-likeness (QED) is 0.679. The molecule has 3 fully saturated rings. The summed E-state index contributed by atoms with van der Waals surface area (Å²) >= 11 is 0. The summed E-state index contributed by atoms with van der Waals surface area (Å²) in [6.45, 7) is 0. The molecule has 4 atom stereocenters. The van der Waals surface area contributed by atoms with E-state index in [1.807, 2.05) is 0 Å². The highest BCUT2D eigenvalue weighted by Crippen LogP contribution is 2.66. The molecule has 1 N–H and O–H groups in total. The molecule has 0 aliphatic heterocycles. The van der Waals surface area contributed by atoms with Gasteiger partial charge in [0.1, 0.15) is 5.69 Å². The number of hydrogen-bond acceptors (Lipinski definition) is 5. The highest BCUT2D eigenvalue weighted by molar-refractivity contribution is 7.90. The van der Waals surface area contributed by atoms with E-state index in [1.54, 1.807) is 0 Å². The van der Waals surface area contributed by atoms with E-state index in [2.05, 4.69) is 5.32 Å². The molecule has 6 nitrogen and oxygen atoms in total. The van der Waals surface area contributed by atoms with Crippen molar-refractivity contribution in [1.82, 2.24) is 0 Å². The van der Waals surface area contributed by atoms with Gasteiger partial charge >= 0.3 is 0 Å². The number of nitrogens with one attached hydrogen (secondary N) is 1. The number of sulfone groups is 1. The van der Waals surface area contributed by atoms with Gasteiger partial charge in [-0.15, -0.1) is 0 Å². The van der Waals surface area contributed by atoms with Crippen molar-refractivity contribution in [3.8, 4) is 0 Å². The lowest BCUT2D eigenvalue weighted by atomic mass is 10.0. The summed E-state index contributed by atoms with van der Waals surface area (Å²) in [6.07, 6.45) is 4.96. The van der Waals surface area contributed by atoms with E-state index in [0.29, 0.717) is 23.6 Å². The van der Waals surface area contributed by atoms with Gasteiger partial charge in [-0.1, -0.05) is 0 Å². The van der Waals surface area contributed by atoms with E-state index in [9.17, 15) is 18.5 Å². The van der Waals surface area contributed by atoms with Gasteiger partial charge in [-0.3, -0.25) is 10.1 Å². The third-order valence-corrected chi connectivity index (χ3v) is 6.76. The van der Waals surface area contributed by atoms with E-state index in [0.717, 1.165) is 24.2 Å². The van der Waals surface area contributed by atoms with E-state index in [1.165, 1.54) is 31.4 Å². The first-order valence-corrected chi connectivity index (χ1v) is 9.50. The number of nitro benzene ring substituents is 1. The summed E-state index contributed by atoms with van der Waals surface area (Å²) < 4.78 is 23.1. The summed E-state index contributed by atoms with van der Waals surface area (Å²) in [5.41, 5.74) is 0.288. The molecule has 1 aromatic carbocycles. The fraction of sp³-hybridized carbons (Fsp3) is 0.600. The predicted molar refractivity (Wildman–Crippen MR) is 81.4 cm³/mol. The topological polar surface area (TPSA) is 89.3 Å². The Morgan fingerprint density at radius 1 is 1.23 bits per heavy atom. The second-order valence-electron chi connectivity index (χ2n) is 6.87. The Labute approximate surface area is 129 Å². The zero-order valence-corrected chi connectivity index (χ0v) is 13.0. The van der Waals surface area contributed by atoms with Gasteiger partial charge in [-0.05, 0) is 55.1 Å². The Bertz CT molecular complexity index is 745. The number of benzene rings is 1. The smallest absolute Gasteiger partial charge is 0.293 e. The van der Waals surface area contributed by atoms with Crippen LogP contribution in [0.2, 0.25) is 0 Å². The number of nitrogens with zero attached hydrogens (tertiary/aromatic N) is 1. The number of rotatable bonds is 4. The van der Waals surface area contributed by atoms with E-state index in [-0.39, 0.29) is 10.6 Å². The maximum Gasteiger partial charge on any atom is 0.293 e. The Kier molecular flexibility index (Phi) is 2.82. The molecule has 4 unspecified atom stereocenters. The normalized spacial score (nSPS) is 35.2.